The minimum absolute atomic E-state index is 0.0325. The quantitative estimate of drug-likeness (QED) is 0.325. The number of carbonyl (C=O) groups excluding carboxylic acids is 2. The summed E-state index contributed by atoms with van der Waals surface area (Å²) in [5.74, 6) is 0.518. The van der Waals surface area contributed by atoms with E-state index in [1.807, 2.05) is 19.1 Å². The molecular weight excluding hydrogens is 543 g/mol. The van der Waals surface area contributed by atoms with Gasteiger partial charge in [-0.15, -0.1) is 0 Å². The Morgan fingerprint density at radius 1 is 1.07 bits per heavy atom. The highest BCUT2D eigenvalue weighted by Gasteiger charge is 2.36. The smallest absolute Gasteiger partial charge is 0.416 e. The summed E-state index contributed by atoms with van der Waals surface area (Å²) in [7, 11) is 1.57. The van der Waals surface area contributed by atoms with Crippen molar-refractivity contribution in [3.63, 3.8) is 0 Å². The van der Waals surface area contributed by atoms with Crippen molar-refractivity contribution in [1.82, 2.24) is 4.90 Å². The molecule has 0 aliphatic carbocycles. The predicted molar refractivity (Wildman–Crippen MR) is 149 cm³/mol. The first kappa shape index (κ1) is 29.0. The maximum atomic E-state index is 13.3. The van der Waals surface area contributed by atoms with Gasteiger partial charge < -0.3 is 14.8 Å². The molecule has 1 fully saturated rings. The molecule has 0 aromatic heterocycles. The fourth-order valence-electron chi connectivity index (χ4n) is 4.01. The third-order valence-corrected chi connectivity index (χ3v) is 7.21. The van der Waals surface area contributed by atoms with Crippen LogP contribution in [0.1, 0.15) is 24.5 Å². The number of rotatable bonds is 9. The fraction of sp³-hybridized carbons (Fsp3) is 0.276. The van der Waals surface area contributed by atoms with E-state index in [1.54, 1.807) is 43.5 Å². The fourth-order valence-corrected chi connectivity index (χ4v) is 5.13. The van der Waals surface area contributed by atoms with Gasteiger partial charge in [0.25, 0.3) is 0 Å². The Bertz CT molecular complexity index is 1380. The number of carbonyl (C=O) groups is 2. The molecule has 1 unspecified atom stereocenters. The number of methoxy groups -OCH3 is 1. The van der Waals surface area contributed by atoms with Crippen LogP contribution in [0.25, 0.3) is 0 Å². The van der Waals surface area contributed by atoms with Gasteiger partial charge in [0.15, 0.2) is 5.17 Å². The molecule has 1 heterocycles. The predicted octanol–water partition coefficient (Wildman–Crippen LogP) is 6.32. The second kappa shape index (κ2) is 12.9. The maximum Gasteiger partial charge on any atom is 0.416 e. The van der Waals surface area contributed by atoms with Crippen LogP contribution >= 0.6 is 11.8 Å². The number of amides is 2. The molecule has 3 aromatic rings. The molecule has 2 amide bonds. The lowest BCUT2D eigenvalue weighted by molar-refractivity contribution is -0.137. The van der Waals surface area contributed by atoms with Gasteiger partial charge in [-0.3, -0.25) is 14.5 Å². The lowest BCUT2D eigenvalue weighted by Crippen LogP contribution is -2.46. The van der Waals surface area contributed by atoms with E-state index in [0.29, 0.717) is 30.2 Å². The molecule has 1 aliphatic heterocycles. The van der Waals surface area contributed by atoms with Crippen molar-refractivity contribution in [2.75, 3.05) is 25.6 Å². The summed E-state index contributed by atoms with van der Waals surface area (Å²) in [5.41, 5.74) is 0.619. The van der Waals surface area contributed by atoms with Crippen molar-refractivity contribution in [3.8, 4) is 11.5 Å². The van der Waals surface area contributed by atoms with Gasteiger partial charge >= 0.3 is 6.18 Å². The molecule has 0 spiro atoms. The maximum absolute atomic E-state index is 13.3. The van der Waals surface area contributed by atoms with Crippen molar-refractivity contribution in [3.05, 3.63) is 83.9 Å². The Hall–Kier alpha value is -3.99. The van der Waals surface area contributed by atoms with Crippen LogP contribution in [0, 0.1) is 0 Å². The Morgan fingerprint density at radius 3 is 2.52 bits per heavy atom. The Kier molecular flexibility index (Phi) is 9.36. The molecule has 0 radical (unpaired) electrons. The van der Waals surface area contributed by atoms with Crippen LogP contribution in [0.2, 0.25) is 0 Å². The number of anilines is 1. The molecule has 3 aromatic carbocycles. The number of thioether (sulfide) groups is 1. The van der Waals surface area contributed by atoms with Crippen molar-refractivity contribution < 1.29 is 32.2 Å². The Labute approximate surface area is 234 Å². The highest BCUT2D eigenvalue weighted by Crippen LogP contribution is 2.34. The topological polar surface area (TPSA) is 80.2 Å². The number of benzene rings is 3. The van der Waals surface area contributed by atoms with Gasteiger partial charge in [-0.05, 0) is 61.4 Å². The van der Waals surface area contributed by atoms with Gasteiger partial charge in [-0.25, -0.2) is 4.99 Å². The molecule has 11 heteroatoms. The van der Waals surface area contributed by atoms with E-state index in [0.717, 1.165) is 29.5 Å². The van der Waals surface area contributed by atoms with Crippen LogP contribution < -0.4 is 14.8 Å². The average molecular weight is 572 g/mol. The Morgan fingerprint density at radius 2 is 1.82 bits per heavy atom. The van der Waals surface area contributed by atoms with Crippen LogP contribution in [0.15, 0.2) is 77.8 Å². The van der Waals surface area contributed by atoms with E-state index in [1.165, 1.54) is 17.0 Å². The van der Waals surface area contributed by atoms with Gasteiger partial charge in [0.2, 0.25) is 11.8 Å². The summed E-state index contributed by atoms with van der Waals surface area (Å²) in [6.07, 6.45) is -4.16. The standard InChI is InChI=1S/C29H28F3N3O4S/c1-3-39-24-9-5-8-22(17-24)33-27(37)25-18-26(36)35(15-14-19-10-12-23(38-2)13-11-19)28(40-25)34-21-7-4-6-20(16-21)29(30,31)32/h4-13,16-17,25H,3,14-15,18H2,1-2H3,(H,33,37). The van der Waals surface area contributed by atoms with Gasteiger partial charge in [0, 0.05) is 24.7 Å². The zero-order chi connectivity index (χ0) is 28.7. The molecular formula is C29H28F3N3O4S. The molecule has 210 valence electrons. The van der Waals surface area contributed by atoms with E-state index in [2.05, 4.69) is 10.3 Å². The zero-order valence-corrected chi connectivity index (χ0v) is 22.7. The average Bonchev–Trinajstić information content (AvgIpc) is 2.93. The minimum Gasteiger partial charge on any atom is -0.497 e. The molecule has 4 rings (SSSR count). The monoisotopic (exact) mass is 571 g/mol. The molecule has 1 N–H and O–H groups in total. The van der Waals surface area contributed by atoms with E-state index in [4.69, 9.17) is 9.47 Å². The van der Waals surface area contributed by atoms with Crippen molar-refractivity contribution in [2.24, 2.45) is 4.99 Å². The third kappa shape index (κ3) is 7.56. The lowest BCUT2D eigenvalue weighted by atomic mass is 10.1. The molecule has 0 saturated carbocycles. The van der Waals surface area contributed by atoms with Gasteiger partial charge in [-0.2, -0.15) is 13.2 Å². The number of halogens is 3. The first-order valence-corrected chi connectivity index (χ1v) is 13.4. The van der Waals surface area contributed by atoms with Gasteiger partial charge in [0.1, 0.15) is 16.7 Å². The summed E-state index contributed by atoms with van der Waals surface area (Å²) < 4.78 is 50.6. The molecule has 1 atom stereocenters. The Balaban J connectivity index is 1.58. The van der Waals surface area contributed by atoms with Gasteiger partial charge in [0.05, 0.1) is 25.0 Å². The third-order valence-electron chi connectivity index (χ3n) is 6.03. The van der Waals surface area contributed by atoms with Crippen LogP contribution in [0.5, 0.6) is 11.5 Å². The first-order chi connectivity index (χ1) is 19.2. The summed E-state index contributed by atoms with van der Waals surface area (Å²) >= 11 is 1.05. The molecule has 7 nitrogen and oxygen atoms in total. The van der Waals surface area contributed by atoms with E-state index < -0.39 is 22.9 Å². The van der Waals surface area contributed by atoms with Crippen LogP contribution in [0.4, 0.5) is 24.5 Å². The summed E-state index contributed by atoms with van der Waals surface area (Å²) in [5, 5.41) is 2.13. The second-order valence-corrected chi connectivity index (χ2v) is 10.0. The van der Waals surface area contributed by atoms with Crippen molar-refractivity contribution >= 4 is 40.1 Å². The minimum atomic E-state index is -4.54. The lowest BCUT2D eigenvalue weighted by Gasteiger charge is -2.32. The highest BCUT2D eigenvalue weighted by atomic mass is 32.2. The number of nitrogens with zero attached hydrogens (tertiary/aromatic N) is 2. The largest absolute Gasteiger partial charge is 0.497 e. The van der Waals surface area contributed by atoms with Gasteiger partial charge in [-0.1, -0.05) is 36.0 Å². The number of aliphatic imine (C=N–C) groups is 1. The number of hydrogen-bond acceptors (Lipinski definition) is 6. The number of nitrogens with one attached hydrogen (secondary N) is 1. The number of hydrogen-bond donors (Lipinski definition) is 1. The molecule has 0 bridgehead atoms. The van der Waals surface area contributed by atoms with Crippen molar-refractivity contribution in [2.45, 2.75) is 31.2 Å². The van der Waals surface area contributed by atoms with E-state index in [-0.39, 0.29) is 29.7 Å². The first-order valence-electron chi connectivity index (χ1n) is 12.6. The summed E-state index contributed by atoms with van der Waals surface area (Å²) in [6.45, 7) is 2.55. The van der Waals surface area contributed by atoms with Crippen molar-refractivity contribution in [1.29, 1.82) is 0 Å². The normalized spacial score (nSPS) is 16.6. The zero-order valence-electron chi connectivity index (χ0n) is 21.9. The number of alkyl halides is 3. The van der Waals surface area contributed by atoms with Crippen LogP contribution in [-0.2, 0) is 22.2 Å². The van der Waals surface area contributed by atoms with E-state index >= 15 is 0 Å². The number of amidine groups is 1. The molecule has 1 aliphatic rings. The highest BCUT2D eigenvalue weighted by molar-refractivity contribution is 8.15. The molecule has 1 saturated heterocycles. The summed E-state index contributed by atoms with van der Waals surface area (Å²) in [4.78, 5) is 32.3. The molecule has 40 heavy (non-hydrogen) atoms. The second-order valence-electron chi connectivity index (χ2n) is 8.85. The van der Waals surface area contributed by atoms with Crippen LogP contribution in [0.3, 0.4) is 0 Å². The summed E-state index contributed by atoms with van der Waals surface area (Å²) in [6, 6.07) is 18.8. The van der Waals surface area contributed by atoms with Crippen LogP contribution in [-0.4, -0.2) is 47.4 Å². The van der Waals surface area contributed by atoms with E-state index in [9.17, 15) is 22.8 Å². The number of ether oxygens (including phenoxy) is 2. The SMILES string of the molecule is CCOc1cccc(NC(=O)C2CC(=O)N(CCc3ccc(OC)cc3)C(=Nc3cccc(C(F)(F)F)c3)S2)c1.